The van der Waals surface area contributed by atoms with Crippen molar-refractivity contribution in [3.8, 4) is 0 Å². The first-order valence-corrected chi connectivity index (χ1v) is 10.7. The zero-order chi connectivity index (χ0) is 20.4. The predicted molar refractivity (Wildman–Crippen MR) is 116 cm³/mol. The second-order valence-electron chi connectivity index (χ2n) is 7.77. The van der Waals surface area contributed by atoms with Crippen molar-refractivity contribution in [3.63, 3.8) is 0 Å². The average Bonchev–Trinajstić information content (AvgIpc) is 3.12. The van der Waals surface area contributed by atoms with Crippen molar-refractivity contribution in [2.24, 2.45) is 0 Å². The van der Waals surface area contributed by atoms with Gasteiger partial charge in [0.2, 0.25) is 0 Å². The van der Waals surface area contributed by atoms with Gasteiger partial charge in [0, 0.05) is 36.9 Å². The summed E-state index contributed by atoms with van der Waals surface area (Å²) in [7, 11) is 0. The molecule has 152 valence electrons. The van der Waals surface area contributed by atoms with Gasteiger partial charge in [0.15, 0.2) is 5.69 Å². The van der Waals surface area contributed by atoms with Crippen LogP contribution < -0.4 is 5.32 Å². The molecule has 1 aliphatic heterocycles. The normalized spacial score (nSPS) is 15.6. The van der Waals surface area contributed by atoms with Gasteiger partial charge in [-0.2, -0.15) is 0 Å². The molecule has 0 radical (unpaired) electrons. The van der Waals surface area contributed by atoms with Crippen molar-refractivity contribution in [2.45, 2.75) is 45.7 Å². The molecule has 1 aromatic carbocycles. The van der Waals surface area contributed by atoms with Gasteiger partial charge in [0.05, 0.1) is 5.69 Å². The van der Waals surface area contributed by atoms with E-state index in [1.807, 2.05) is 58.8 Å². The van der Waals surface area contributed by atoms with E-state index in [-0.39, 0.29) is 11.9 Å². The van der Waals surface area contributed by atoms with Crippen LogP contribution in [0, 0.1) is 6.92 Å². The summed E-state index contributed by atoms with van der Waals surface area (Å²) in [5.74, 6) is 0.0370. The molecule has 3 heterocycles. The third-order valence-electron chi connectivity index (χ3n) is 5.74. The Balaban J connectivity index is 1.65. The van der Waals surface area contributed by atoms with Gasteiger partial charge >= 0.3 is 0 Å². The summed E-state index contributed by atoms with van der Waals surface area (Å²) in [5.41, 5.74) is 4.40. The minimum atomic E-state index is 0.0370. The van der Waals surface area contributed by atoms with E-state index < -0.39 is 0 Å². The molecule has 5 nitrogen and oxygen atoms in total. The van der Waals surface area contributed by atoms with E-state index in [4.69, 9.17) is 16.6 Å². The van der Waals surface area contributed by atoms with Crippen molar-refractivity contribution in [1.82, 2.24) is 19.6 Å². The number of hydrogen-bond donors (Lipinski definition) is 1. The molecule has 1 atom stereocenters. The Labute approximate surface area is 176 Å². The van der Waals surface area contributed by atoms with E-state index in [0.29, 0.717) is 12.2 Å². The number of carbonyl (C=O) groups is 1. The lowest BCUT2D eigenvalue weighted by molar-refractivity contribution is 0.0717. The zero-order valence-electron chi connectivity index (χ0n) is 17.0. The number of nitrogens with zero attached hydrogens (tertiary/aromatic N) is 3. The number of fused-ring (bicyclic) bond motifs is 1. The number of amides is 1. The Bertz CT molecular complexity index is 1020. The SMILES string of the molecule is Cc1cccn2c(CN[C@@H](C)c3ccccc3Cl)c(C(=O)N3CCCCC3)nc12. The van der Waals surface area contributed by atoms with Gasteiger partial charge in [0.1, 0.15) is 5.65 Å². The second-order valence-corrected chi connectivity index (χ2v) is 8.18. The monoisotopic (exact) mass is 410 g/mol. The van der Waals surface area contributed by atoms with Gasteiger partial charge in [-0.05, 0) is 56.4 Å². The molecule has 6 heteroatoms. The molecule has 1 N–H and O–H groups in total. The summed E-state index contributed by atoms with van der Waals surface area (Å²) in [6, 6.07) is 11.9. The maximum Gasteiger partial charge on any atom is 0.274 e. The number of carbonyl (C=O) groups excluding carboxylic acids is 1. The zero-order valence-corrected chi connectivity index (χ0v) is 17.7. The summed E-state index contributed by atoms with van der Waals surface area (Å²) in [4.78, 5) is 20.0. The highest BCUT2D eigenvalue weighted by Gasteiger charge is 2.25. The van der Waals surface area contributed by atoms with Gasteiger partial charge in [-0.1, -0.05) is 35.9 Å². The fourth-order valence-corrected chi connectivity index (χ4v) is 4.33. The fourth-order valence-electron chi connectivity index (χ4n) is 4.03. The molecule has 0 aliphatic carbocycles. The molecule has 1 fully saturated rings. The lowest BCUT2D eigenvalue weighted by Crippen LogP contribution is -2.36. The summed E-state index contributed by atoms with van der Waals surface area (Å²) in [5, 5.41) is 4.28. The molecule has 3 aromatic rings. The molecule has 0 unspecified atom stereocenters. The van der Waals surface area contributed by atoms with Gasteiger partial charge in [-0.3, -0.25) is 4.79 Å². The standard InChI is InChI=1S/C23H27ClN4O/c1-16-9-8-14-28-20(15-25-17(2)18-10-4-5-11-19(18)24)21(26-22(16)28)23(29)27-12-6-3-7-13-27/h4-5,8-11,14,17,25H,3,6-7,12-13,15H2,1-2H3/t17-/m0/s1. The minimum Gasteiger partial charge on any atom is -0.337 e. The maximum atomic E-state index is 13.3. The highest BCUT2D eigenvalue weighted by molar-refractivity contribution is 6.31. The van der Waals surface area contributed by atoms with Gasteiger partial charge in [-0.25, -0.2) is 4.98 Å². The van der Waals surface area contributed by atoms with Crippen LogP contribution in [0.1, 0.15) is 59.5 Å². The minimum absolute atomic E-state index is 0.0370. The van der Waals surface area contributed by atoms with Crippen LogP contribution >= 0.6 is 11.6 Å². The van der Waals surface area contributed by atoms with Crippen LogP contribution in [0.4, 0.5) is 0 Å². The number of piperidine rings is 1. The quantitative estimate of drug-likeness (QED) is 0.658. The topological polar surface area (TPSA) is 49.6 Å². The third kappa shape index (κ3) is 4.02. The van der Waals surface area contributed by atoms with Gasteiger partial charge in [-0.15, -0.1) is 0 Å². The molecule has 1 aliphatic rings. The van der Waals surface area contributed by atoms with Crippen LogP contribution in [-0.4, -0.2) is 33.3 Å². The van der Waals surface area contributed by atoms with Crippen molar-refractivity contribution in [3.05, 3.63) is 70.1 Å². The number of halogens is 1. The highest BCUT2D eigenvalue weighted by atomic mass is 35.5. The summed E-state index contributed by atoms with van der Waals surface area (Å²) in [6.45, 7) is 6.28. The molecular weight excluding hydrogens is 384 g/mol. The first-order chi connectivity index (χ1) is 14.1. The van der Waals surface area contributed by atoms with E-state index in [2.05, 4.69) is 12.2 Å². The molecule has 4 rings (SSSR count). The largest absolute Gasteiger partial charge is 0.337 e. The Hall–Kier alpha value is -2.37. The van der Waals surface area contributed by atoms with Gasteiger partial charge < -0.3 is 14.6 Å². The first-order valence-electron chi connectivity index (χ1n) is 10.3. The molecule has 0 bridgehead atoms. The highest BCUT2D eigenvalue weighted by Crippen LogP contribution is 2.24. The molecule has 1 saturated heterocycles. The Kier molecular flexibility index (Phi) is 5.88. The van der Waals surface area contributed by atoms with Crippen LogP contribution in [-0.2, 0) is 6.54 Å². The number of aryl methyl sites for hydroxylation is 1. The number of rotatable bonds is 5. The Morgan fingerprint density at radius 3 is 2.69 bits per heavy atom. The van der Waals surface area contributed by atoms with Crippen molar-refractivity contribution in [2.75, 3.05) is 13.1 Å². The average molecular weight is 411 g/mol. The maximum absolute atomic E-state index is 13.3. The van der Waals surface area contributed by atoms with Crippen LogP contribution in [0.5, 0.6) is 0 Å². The molecular formula is C23H27ClN4O. The van der Waals surface area contributed by atoms with E-state index in [1.165, 1.54) is 6.42 Å². The van der Waals surface area contributed by atoms with Crippen LogP contribution in [0.25, 0.3) is 5.65 Å². The molecule has 2 aromatic heterocycles. The van der Waals surface area contributed by atoms with Crippen LogP contribution in [0.2, 0.25) is 5.02 Å². The fraction of sp³-hybridized carbons (Fsp3) is 0.391. The third-order valence-corrected chi connectivity index (χ3v) is 6.08. The number of nitrogens with one attached hydrogen (secondary N) is 1. The van der Waals surface area contributed by atoms with Crippen LogP contribution in [0.3, 0.4) is 0 Å². The second kappa shape index (κ2) is 8.56. The lowest BCUT2D eigenvalue weighted by atomic mass is 10.1. The van der Waals surface area contributed by atoms with Crippen molar-refractivity contribution >= 4 is 23.2 Å². The molecule has 0 saturated carbocycles. The predicted octanol–water partition coefficient (Wildman–Crippen LogP) is 4.77. The number of hydrogen-bond acceptors (Lipinski definition) is 3. The summed E-state index contributed by atoms with van der Waals surface area (Å²) >= 11 is 6.36. The molecule has 0 spiro atoms. The van der Waals surface area contributed by atoms with E-state index in [9.17, 15) is 4.79 Å². The van der Waals surface area contributed by atoms with E-state index >= 15 is 0 Å². The molecule has 29 heavy (non-hydrogen) atoms. The van der Waals surface area contributed by atoms with Crippen molar-refractivity contribution < 1.29 is 4.79 Å². The number of pyridine rings is 1. The Morgan fingerprint density at radius 1 is 1.17 bits per heavy atom. The first kappa shape index (κ1) is 19.9. The van der Waals surface area contributed by atoms with Crippen molar-refractivity contribution in [1.29, 1.82) is 0 Å². The number of imidazole rings is 1. The summed E-state index contributed by atoms with van der Waals surface area (Å²) < 4.78 is 2.04. The molecule has 1 amide bonds. The number of likely N-dealkylation sites (tertiary alicyclic amines) is 1. The van der Waals surface area contributed by atoms with E-state index in [1.54, 1.807) is 0 Å². The number of aromatic nitrogens is 2. The lowest BCUT2D eigenvalue weighted by Gasteiger charge is -2.26. The summed E-state index contributed by atoms with van der Waals surface area (Å²) in [6.07, 6.45) is 5.31. The van der Waals surface area contributed by atoms with Crippen LogP contribution in [0.15, 0.2) is 42.6 Å². The van der Waals surface area contributed by atoms with Gasteiger partial charge in [0.25, 0.3) is 5.91 Å². The Morgan fingerprint density at radius 2 is 1.93 bits per heavy atom. The number of benzene rings is 1. The van der Waals surface area contributed by atoms with E-state index in [0.717, 1.165) is 53.4 Å². The smallest absolute Gasteiger partial charge is 0.274 e.